The Morgan fingerprint density at radius 2 is 1.83 bits per heavy atom. The van der Waals surface area contributed by atoms with Crippen LogP contribution >= 0.6 is 0 Å². The Bertz CT molecular complexity index is 497. The highest BCUT2D eigenvalue weighted by Gasteiger charge is 2.07. The second kappa shape index (κ2) is 6.12. The Morgan fingerprint density at radius 1 is 1.11 bits per heavy atom. The van der Waals surface area contributed by atoms with Crippen molar-refractivity contribution in [3.8, 4) is 17.1 Å². The van der Waals surface area contributed by atoms with Gasteiger partial charge in [0, 0.05) is 24.5 Å². The molecule has 1 heterocycles. The van der Waals surface area contributed by atoms with Gasteiger partial charge in [-0.1, -0.05) is 31.2 Å². The zero-order valence-corrected chi connectivity index (χ0v) is 10.7. The third-order valence-electron chi connectivity index (χ3n) is 2.66. The molecular weight excluding hydrogens is 226 g/mol. The molecule has 0 aliphatic carbocycles. The minimum Gasteiger partial charge on any atom is -0.479 e. The molecule has 0 fully saturated rings. The van der Waals surface area contributed by atoms with Gasteiger partial charge in [0.1, 0.15) is 5.69 Å². The first kappa shape index (κ1) is 12.5. The van der Waals surface area contributed by atoms with Crippen LogP contribution in [0.4, 0.5) is 0 Å². The van der Waals surface area contributed by atoms with Gasteiger partial charge in [-0.3, -0.25) is 0 Å². The highest BCUT2D eigenvalue weighted by atomic mass is 16.5. The van der Waals surface area contributed by atoms with Gasteiger partial charge in [-0.2, -0.15) is 0 Å². The number of methoxy groups -OCH3 is 1. The maximum atomic E-state index is 5.21. The van der Waals surface area contributed by atoms with E-state index in [0.717, 1.165) is 24.3 Å². The van der Waals surface area contributed by atoms with E-state index in [0.29, 0.717) is 5.88 Å². The van der Waals surface area contributed by atoms with Gasteiger partial charge in [-0.25, -0.2) is 9.97 Å². The fourth-order valence-corrected chi connectivity index (χ4v) is 1.72. The first-order valence-corrected chi connectivity index (χ1v) is 6.00. The van der Waals surface area contributed by atoms with Gasteiger partial charge in [-0.05, 0) is 12.1 Å². The van der Waals surface area contributed by atoms with Crippen LogP contribution in [-0.4, -0.2) is 23.6 Å². The molecule has 0 spiro atoms. The van der Waals surface area contributed by atoms with Gasteiger partial charge in [-0.15, -0.1) is 0 Å². The standard InChI is InChI=1S/C14H17N3O/c1-3-15-10-11-4-6-12(7-5-11)13-14(18-2)17-9-8-16-13/h4-9,15H,3,10H2,1-2H3. The van der Waals surface area contributed by atoms with E-state index >= 15 is 0 Å². The number of hydrogen-bond acceptors (Lipinski definition) is 4. The Hall–Kier alpha value is -1.94. The van der Waals surface area contributed by atoms with Gasteiger partial charge in [0.25, 0.3) is 0 Å². The summed E-state index contributed by atoms with van der Waals surface area (Å²) in [5.41, 5.74) is 3.04. The molecular formula is C14H17N3O. The van der Waals surface area contributed by atoms with Gasteiger partial charge < -0.3 is 10.1 Å². The highest BCUT2D eigenvalue weighted by molar-refractivity contribution is 5.64. The number of nitrogens with zero attached hydrogens (tertiary/aromatic N) is 2. The van der Waals surface area contributed by atoms with Crippen LogP contribution in [0.25, 0.3) is 11.3 Å². The van der Waals surface area contributed by atoms with E-state index < -0.39 is 0 Å². The van der Waals surface area contributed by atoms with Crippen LogP contribution in [0, 0.1) is 0 Å². The van der Waals surface area contributed by atoms with Crippen molar-refractivity contribution >= 4 is 0 Å². The minimum atomic E-state index is 0.553. The molecule has 0 aliphatic heterocycles. The summed E-state index contributed by atoms with van der Waals surface area (Å²) in [6, 6.07) is 8.26. The molecule has 18 heavy (non-hydrogen) atoms. The van der Waals surface area contributed by atoms with E-state index in [4.69, 9.17) is 4.74 Å². The van der Waals surface area contributed by atoms with Gasteiger partial charge in [0.15, 0.2) is 0 Å². The van der Waals surface area contributed by atoms with Crippen molar-refractivity contribution in [3.63, 3.8) is 0 Å². The largest absolute Gasteiger partial charge is 0.479 e. The average Bonchev–Trinajstić information content (AvgIpc) is 2.45. The molecule has 1 N–H and O–H groups in total. The molecule has 4 nitrogen and oxygen atoms in total. The van der Waals surface area contributed by atoms with Gasteiger partial charge >= 0.3 is 0 Å². The Morgan fingerprint density at radius 3 is 2.50 bits per heavy atom. The third-order valence-corrected chi connectivity index (χ3v) is 2.66. The van der Waals surface area contributed by atoms with E-state index in [1.54, 1.807) is 19.5 Å². The SMILES string of the molecule is CCNCc1ccc(-c2nccnc2OC)cc1. The second-order valence-corrected chi connectivity index (χ2v) is 3.89. The third kappa shape index (κ3) is 2.84. The first-order valence-electron chi connectivity index (χ1n) is 6.00. The molecule has 0 amide bonds. The summed E-state index contributed by atoms with van der Waals surface area (Å²) < 4.78 is 5.21. The number of aromatic nitrogens is 2. The number of nitrogens with one attached hydrogen (secondary N) is 1. The van der Waals surface area contributed by atoms with Crippen molar-refractivity contribution in [2.45, 2.75) is 13.5 Å². The predicted molar refractivity (Wildman–Crippen MR) is 71.4 cm³/mol. The van der Waals surface area contributed by atoms with Crippen LogP contribution in [-0.2, 0) is 6.54 Å². The van der Waals surface area contributed by atoms with Crippen LogP contribution < -0.4 is 10.1 Å². The van der Waals surface area contributed by atoms with Crippen LogP contribution in [0.5, 0.6) is 5.88 Å². The zero-order chi connectivity index (χ0) is 12.8. The Kier molecular flexibility index (Phi) is 4.25. The van der Waals surface area contributed by atoms with Gasteiger partial charge in [0.2, 0.25) is 5.88 Å². The van der Waals surface area contributed by atoms with E-state index in [-0.39, 0.29) is 0 Å². The van der Waals surface area contributed by atoms with E-state index in [2.05, 4.69) is 34.3 Å². The molecule has 1 aromatic carbocycles. The van der Waals surface area contributed by atoms with Crippen LogP contribution in [0.1, 0.15) is 12.5 Å². The van der Waals surface area contributed by atoms with Crippen molar-refractivity contribution in [1.82, 2.24) is 15.3 Å². The van der Waals surface area contributed by atoms with E-state index in [9.17, 15) is 0 Å². The summed E-state index contributed by atoms with van der Waals surface area (Å²) in [5.74, 6) is 0.553. The van der Waals surface area contributed by atoms with Crippen LogP contribution in [0.3, 0.4) is 0 Å². The summed E-state index contributed by atoms with van der Waals surface area (Å²) >= 11 is 0. The Labute approximate surface area is 107 Å². The van der Waals surface area contributed by atoms with Crippen molar-refractivity contribution in [2.75, 3.05) is 13.7 Å². The highest BCUT2D eigenvalue weighted by Crippen LogP contribution is 2.24. The molecule has 4 heteroatoms. The molecule has 0 radical (unpaired) electrons. The number of hydrogen-bond donors (Lipinski definition) is 1. The molecule has 1 aromatic heterocycles. The summed E-state index contributed by atoms with van der Waals surface area (Å²) in [6.07, 6.45) is 3.30. The number of rotatable bonds is 5. The summed E-state index contributed by atoms with van der Waals surface area (Å²) in [6.45, 7) is 3.95. The molecule has 0 atom stereocenters. The number of benzene rings is 1. The maximum Gasteiger partial charge on any atom is 0.240 e. The lowest BCUT2D eigenvalue weighted by Gasteiger charge is -2.07. The Balaban J connectivity index is 2.23. The van der Waals surface area contributed by atoms with Crippen LogP contribution in [0.2, 0.25) is 0 Å². The molecule has 0 saturated heterocycles. The van der Waals surface area contributed by atoms with E-state index in [1.807, 2.05) is 12.1 Å². The summed E-state index contributed by atoms with van der Waals surface area (Å²) in [5, 5.41) is 3.29. The second-order valence-electron chi connectivity index (χ2n) is 3.89. The van der Waals surface area contributed by atoms with Crippen molar-refractivity contribution < 1.29 is 4.74 Å². The topological polar surface area (TPSA) is 47.0 Å². The normalized spacial score (nSPS) is 10.3. The lowest BCUT2D eigenvalue weighted by Crippen LogP contribution is -2.11. The fourth-order valence-electron chi connectivity index (χ4n) is 1.72. The number of ether oxygens (including phenoxy) is 1. The summed E-state index contributed by atoms with van der Waals surface area (Å²) in [7, 11) is 1.60. The molecule has 2 aromatic rings. The lowest BCUT2D eigenvalue weighted by atomic mass is 10.1. The molecule has 94 valence electrons. The summed E-state index contributed by atoms with van der Waals surface area (Å²) in [4.78, 5) is 8.46. The monoisotopic (exact) mass is 243 g/mol. The van der Waals surface area contributed by atoms with Crippen molar-refractivity contribution in [1.29, 1.82) is 0 Å². The van der Waals surface area contributed by atoms with Crippen LogP contribution in [0.15, 0.2) is 36.7 Å². The quantitative estimate of drug-likeness (QED) is 0.875. The zero-order valence-electron chi connectivity index (χ0n) is 10.7. The molecule has 0 unspecified atom stereocenters. The van der Waals surface area contributed by atoms with E-state index in [1.165, 1.54) is 5.56 Å². The predicted octanol–water partition coefficient (Wildman–Crippen LogP) is 2.26. The lowest BCUT2D eigenvalue weighted by molar-refractivity contribution is 0.398. The average molecular weight is 243 g/mol. The van der Waals surface area contributed by atoms with Gasteiger partial charge in [0.05, 0.1) is 7.11 Å². The van der Waals surface area contributed by atoms with Crippen molar-refractivity contribution in [2.24, 2.45) is 0 Å². The first-order chi connectivity index (χ1) is 8.85. The fraction of sp³-hybridized carbons (Fsp3) is 0.286. The molecule has 0 aliphatic rings. The van der Waals surface area contributed by atoms with Crippen molar-refractivity contribution in [3.05, 3.63) is 42.2 Å². The minimum absolute atomic E-state index is 0.553. The molecule has 0 saturated carbocycles. The smallest absolute Gasteiger partial charge is 0.240 e. The molecule has 0 bridgehead atoms. The maximum absolute atomic E-state index is 5.21. The molecule has 2 rings (SSSR count).